The van der Waals surface area contributed by atoms with Crippen molar-refractivity contribution in [3.05, 3.63) is 0 Å². The van der Waals surface area contributed by atoms with Crippen LogP contribution < -0.4 is 5.43 Å². The van der Waals surface area contributed by atoms with Gasteiger partial charge in [0.2, 0.25) is 0 Å². The number of nitrogens with zero attached hydrogens (tertiary/aromatic N) is 2. The summed E-state index contributed by atoms with van der Waals surface area (Å²) < 4.78 is 27.6. The highest BCUT2D eigenvalue weighted by Gasteiger charge is 2.32. The van der Waals surface area contributed by atoms with Gasteiger partial charge in [-0.3, -0.25) is 5.43 Å². The first kappa shape index (κ1) is 10.5. The van der Waals surface area contributed by atoms with Crippen LogP contribution in [-0.4, -0.2) is 24.7 Å². The molecule has 1 N–H and O–H groups in total. The van der Waals surface area contributed by atoms with Gasteiger partial charge in [-0.05, 0) is 13.8 Å². The van der Waals surface area contributed by atoms with Crippen LogP contribution in [0.25, 0.3) is 0 Å². The molecule has 1 aliphatic rings. The predicted molar refractivity (Wildman–Crippen MR) is 51.3 cm³/mol. The molecular weight excluding hydrogens is 190 g/mol. The zero-order valence-electron chi connectivity index (χ0n) is 8.27. The topological polar surface area (TPSA) is 61.8 Å². The van der Waals surface area contributed by atoms with E-state index in [-0.39, 0.29) is 12.0 Å². The zero-order chi connectivity index (χ0) is 10.2. The highest BCUT2D eigenvalue weighted by molar-refractivity contribution is 7.88. The van der Waals surface area contributed by atoms with Crippen molar-refractivity contribution in [1.82, 2.24) is 9.84 Å². The van der Waals surface area contributed by atoms with Crippen molar-refractivity contribution in [2.24, 2.45) is 10.3 Å². The Morgan fingerprint density at radius 3 is 2.08 bits per heavy atom. The molecule has 0 fully saturated rings. The Kier molecular flexibility index (Phi) is 2.63. The van der Waals surface area contributed by atoms with Crippen LogP contribution in [-0.2, 0) is 10.2 Å². The summed E-state index contributed by atoms with van der Waals surface area (Å²) in [6.45, 7) is 7.38. The molecular formula is C7H15N3O2S. The zero-order valence-corrected chi connectivity index (χ0v) is 9.09. The molecule has 76 valence electrons. The van der Waals surface area contributed by atoms with E-state index in [1.54, 1.807) is 13.8 Å². The molecule has 0 bridgehead atoms. The standard InChI is InChI=1S/C7H15N3O2S/c1-5(2)7-8-10(6(3)4)13(11,12)9-7/h5-6H,1-4H3,(H,8,9). The van der Waals surface area contributed by atoms with Gasteiger partial charge in [-0.25, -0.2) is 0 Å². The van der Waals surface area contributed by atoms with Gasteiger partial charge in [-0.2, -0.15) is 8.42 Å². The summed E-state index contributed by atoms with van der Waals surface area (Å²) in [5, 5.41) is 0. The molecule has 0 unspecified atom stereocenters. The van der Waals surface area contributed by atoms with E-state index >= 15 is 0 Å². The number of rotatable bonds is 2. The van der Waals surface area contributed by atoms with Crippen LogP contribution in [0.5, 0.6) is 0 Å². The van der Waals surface area contributed by atoms with E-state index in [0.29, 0.717) is 5.84 Å². The van der Waals surface area contributed by atoms with Crippen molar-refractivity contribution in [2.75, 3.05) is 0 Å². The molecule has 0 atom stereocenters. The SMILES string of the molecule is CC(C)C1=NS(=O)(=O)N(C(C)C)N1. The van der Waals surface area contributed by atoms with Gasteiger partial charge in [0.15, 0.2) is 0 Å². The van der Waals surface area contributed by atoms with Crippen molar-refractivity contribution < 1.29 is 8.42 Å². The molecule has 6 heteroatoms. The second-order valence-corrected chi connectivity index (χ2v) is 5.08. The van der Waals surface area contributed by atoms with Crippen LogP contribution in [0.2, 0.25) is 0 Å². The molecule has 0 radical (unpaired) electrons. The molecule has 1 rings (SSSR count). The number of nitrogens with one attached hydrogen (secondary N) is 1. The number of hydrogen-bond donors (Lipinski definition) is 1. The van der Waals surface area contributed by atoms with Crippen LogP contribution in [0.3, 0.4) is 0 Å². The van der Waals surface area contributed by atoms with Gasteiger partial charge < -0.3 is 0 Å². The summed E-state index contributed by atoms with van der Waals surface area (Å²) >= 11 is 0. The average Bonchev–Trinajstić information content (AvgIpc) is 2.25. The molecule has 0 aromatic carbocycles. The van der Waals surface area contributed by atoms with E-state index in [1.807, 2.05) is 13.8 Å². The van der Waals surface area contributed by atoms with Crippen LogP contribution in [0.1, 0.15) is 27.7 Å². The molecule has 1 aliphatic heterocycles. The summed E-state index contributed by atoms with van der Waals surface area (Å²) in [5.41, 5.74) is 2.78. The van der Waals surface area contributed by atoms with E-state index < -0.39 is 10.2 Å². The lowest BCUT2D eigenvalue weighted by Gasteiger charge is -2.18. The second kappa shape index (κ2) is 3.26. The number of hydrogen-bond acceptors (Lipinski definition) is 3. The van der Waals surface area contributed by atoms with Gasteiger partial charge in [0.25, 0.3) is 0 Å². The van der Waals surface area contributed by atoms with E-state index in [4.69, 9.17) is 0 Å². The summed E-state index contributed by atoms with van der Waals surface area (Å²) in [6, 6.07) is -0.120. The lowest BCUT2D eigenvalue weighted by atomic mass is 10.2. The van der Waals surface area contributed by atoms with E-state index in [1.165, 1.54) is 4.41 Å². The maximum absolute atomic E-state index is 11.4. The Morgan fingerprint density at radius 2 is 1.85 bits per heavy atom. The number of amidine groups is 1. The smallest absolute Gasteiger partial charge is 0.290 e. The van der Waals surface area contributed by atoms with Gasteiger partial charge in [0.05, 0.1) is 0 Å². The monoisotopic (exact) mass is 205 g/mol. The molecule has 1 heterocycles. The maximum Gasteiger partial charge on any atom is 0.341 e. The van der Waals surface area contributed by atoms with Crippen LogP contribution in [0, 0.1) is 5.92 Å². The van der Waals surface area contributed by atoms with Gasteiger partial charge in [0, 0.05) is 12.0 Å². The minimum atomic E-state index is -3.47. The Morgan fingerprint density at radius 1 is 1.31 bits per heavy atom. The van der Waals surface area contributed by atoms with Crippen LogP contribution in [0.4, 0.5) is 0 Å². The fourth-order valence-electron chi connectivity index (χ4n) is 0.989. The van der Waals surface area contributed by atoms with Crippen molar-refractivity contribution >= 4 is 16.0 Å². The normalized spacial score (nSPS) is 22.2. The first-order chi connectivity index (χ1) is 5.84. The molecule has 0 aliphatic carbocycles. The molecule has 0 amide bonds. The highest BCUT2D eigenvalue weighted by Crippen LogP contribution is 2.14. The van der Waals surface area contributed by atoms with Gasteiger partial charge in [0.1, 0.15) is 5.84 Å². The molecule has 0 spiro atoms. The minimum absolute atomic E-state index is 0.0959. The van der Waals surface area contributed by atoms with Crippen molar-refractivity contribution in [1.29, 1.82) is 0 Å². The summed E-state index contributed by atoms with van der Waals surface area (Å²) in [7, 11) is -3.47. The van der Waals surface area contributed by atoms with Crippen molar-refractivity contribution in [2.45, 2.75) is 33.7 Å². The maximum atomic E-state index is 11.4. The fraction of sp³-hybridized carbons (Fsp3) is 0.857. The molecule has 0 aromatic heterocycles. The van der Waals surface area contributed by atoms with Crippen molar-refractivity contribution in [3.63, 3.8) is 0 Å². The van der Waals surface area contributed by atoms with Gasteiger partial charge in [-0.1, -0.05) is 18.3 Å². The first-order valence-electron chi connectivity index (χ1n) is 4.25. The minimum Gasteiger partial charge on any atom is -0.290 e. The summed E-state index contributed by atoms with van der Waals surface area (Å²) in [4.78, 5) is 0. The van der Waals surface area contributed by atoms with Gasteiger partial charge in [-0.15, -0.1) is 4.40 Å². The Balaban J connectivity index is 2.94. The predicted octanol–water partition coefficient (Wildman–Crippen LogP) is 0.514. The quantitative estimate of drug-likeness (QED) is 0.714. The number of hydrazine groups is 1. The van der Waals surface area contributed by atoms with E-state index in [0.717, 1.165) is 0 Å². The van der Waals surface area contributed by atoms with E-state index in [9.17, 15) is 8.42 Å². The molecule has 0 saturated heterocycles. The third-order valence-corrected chi connectivity index (χ3v) is 3.14. The molecule has 0 aromatic rings. The lowest BCUT2D eigenvalue weighted by Crippen LogP contribution is -2.44. The third kappa shape index (κ3) is 2.00. The Hall–Kier alpha value is -0.620. The lowest BCUT2D eigenvalue weighted by molar-refractivity contribution is 0.326. The second-order valence-electron chi connectivity index (χ2n) is 3.61. The summed E-state index contributed by atoms with van der Waals surface area (Å²) in [6.07, 6.45) is 0. The first-order valence-corrected chi connectivity index (χ1v) is 5.65. The Bertz CT molecular complexity index is 319. The highest BCUT2D eigenvalue weighted by atomic mass is 32.2. The molecule has 5 nitrogen and oxygen atoms in total. The molecule has 0 saturated carbocycles. The summed E-state index contributed by atoms with van der Waals surface area (Å²) in [5.74, 6) is 0.604. The largest absolute Gasteiger partial charge is 0.341 e. The van der Waals surface area contributed by atoms with Crippen molar-refractivity contribution in [3.8, 4) is 0 Å². The van der Waals surface area contributed by atoms with Gasteiger partial charge >= 0.3 is 10.2 Å². The third-order valence-electron chi connectivity index (χ3n) is 1.70. The Labute approximate surface area is 79.0 Å². The van der Waals surface area contributed by atoms with E-state index in [2.05, 4.69) is 9.82 Å². The van der Waals surface area contributed by atoms with Crippen LogP contribution >= 0.6 is 0 Å². The fourth-order valence-corrected chi connectivity index (χ4v) is 2.32. The average molecular weight is 205 g/mol. The molecule has 13 heavy (non-hydrogen) atoms. The van der Waals surface area contributed by atoms with Crippen LogP contribution in [0.15, 0.2) is 4.40 Å².